The van der Waals surface area contributed by atoms with Crippen molar-refractivity contribution < 1.29 is 19.1 Å². The van der Waals surface area contributed by atoms with E-state index in [2.05, 4.69) is 10.6 Å². The lowest BCUT2D eigenvalue weighted by molar-refractivity contribution is -0.141. The maximum atomic E-state index is 12.9. The highest BCUT2D eigenvalue weighted by Gasteiger charge is 2.28. The first kappa shape index (κ1) is 20.6. The zero-order chi connectivity index (χ0) is 19.8. The van der Waals surface area contributed by atoms with Gasteiger partial charge in [-0.15, -0.1) is 11.3 Å². The van der Waals surface area contributed by atoms with Gasteiger partial charge in [0, 0.05) is 10.4 Å². The van der Waals surface area contributed by atoms with E-state index in [0.29, 0.717) is 5.56 Å². The van der Waals surface area contributed by atoms with Gasteiger partial charge in [0.05, 0.1) is 19.6 Å². The van der Waals surface area contributed by atoms with Gasteiger partial charge in [0.1, 0.15) is 6.04 Å². The summed E-state index contributed by atoms with van der Waals surface area (Å²) in [7, 11) is 1.31. The molecule has 27 heavy (non-hydrogen) atoms. The van der Waals surface area contributed by atoms with Crippen LogP contribution in [0.4, 0.5) is 0 Å². The third-order valence-electron chi connectivity index (χ3n) is 4.07. The third kappa shape index (κ3) is 5.92. The zero-order valence-corrected chi connectivity index (χ0v) is 16.4. The van der Waals surface area contributed by atoms with E-state index in [1.165, 1.54) is 18.4 Å². The Morgan fingerprint density at radius 3 is 2.30 bits per heavy atom. The molecule has 0 radical (unpaired) electrons. The van der Waals surface area contributed by atoms with Gasteiger partial charge in [-0.2, -0.15) is 0 Å². The lowest BCUT2D eigenvalue weighted by Crippen LogP contribution is -2.50. The summed E-state index contributed by atoms with van der Waals surface area (Å²) in [5.41, 5.74) is 0.486. The van der Waals surface area contributed by atoms with Crippen molar-refractivity contribution in [2.75, 3.05) is 7.11 Å². The highest BCUT2D eigenvalue weighted by atomic mass is 32.1. The number of nitrogens with one attached hydrogen (secondary N) is 2. The van der Waals surface area contributed by atoms with Gasteiger partial charge in [0.25, 0.3) is 5.91 Å². The molecule has 0 saturated carbocycles. The van der Waals surface area contributed by atoms with Gasteiger partial charge >= 0.3 is 5.97 Å². The Hall–Kier alpha value is -2.67. The van der Waals surface area contributed by atoms with Crippen LogP contribution in [-0.2, 0) is 14.3 Å². The number of thiophene rings is 1. The normalized spacial score (nSPS) is 12.9. The molecule has 0 aliphatic rings. The highest BCUT2D eigenvalue weighted by Crippen LogP contribution is 2.23. The van der Waals surface area contributed by atoms with Crippen LogP contribution in [0.15, 0.2) is 47.8 Å². The van der Waals surface area contributed by atoms with E-state index in [4.69, 9.17) is 4.74 Å². The summed E-state index contributed by atoms with van der Waals surface area (Å²) in [5.74, 6) is -1.19. The summed E-state index contributed by atoms with van der Waals surface area (Å²) in [6.45, 7) is 3.71. The lowest BCUT2D eigenvalue weighted by atomic mass is 10.0. The number of esters is 1. The molecule has 2 amide bonds. The second-order valence-corrected chi connectivity index (χ2v) is 7.40. The molecule has 0 aliphatic carbocycles. The number of carbonyl (C=O) groups is 3. The van der Waals surface area contributed by atoms with Gasteiger partial charge in [0.15, 0.2) is 0 Å². The fourth-order valence-electron chi connectivity index (χ4n) is 2.57. The van der Waals surface area contributed by atoms with Crippen molar-refractivity contribution >= 4 is 29.1 Å². The maximum Gasteiger partial charge on any atom is 0.307 e. The monoisotopic (exact) mass is 388 g/mol. The molecule has 0 spiro atoms. The van der Waals surface area contributed by atoms with Crippen LogP contribution in [-0.4, -0.2) is 30.9 Å². The van der Waals surface area contributed by atoms with Crippen molar-refractivity contribution in [1.29, 1.82) is 0 Å². The Morgan fingerprint density at radius 2 is 1.74 bits per heavy atom. The number of ether oxygens (including phenoxy) is 1. The standard InChI is InChI=1S/C20H24N2O4S/c1-13(2)18(22-19(24)14-8-5-4-6-9-14)20(25)21-15(12-17(23)26-3)16-10-7-11-27-16/h4-11,13,15,18H,12H2,1-3H3,(H,21,25)(H,22,24). The number of hydrogen-bond acceptors (Lipinski definition) is 5. The van der Waals surface area contributed by atoms with Crippen LogP contribution < -0.4 is 10.6 Å². The Balaban J connectivity index is 2.12. The minimum atomic E-state index is -0.724. The van der Waals surface area contributed by atoms with Crippen molar-refractivity contribution in [3.63, 3.8) is 0 Å². The summed E-state index contributed by atoms with van der Waals surface area (Å²) in [5, 5.41) is 7.54. The molecule has 2 aromatic rings. The molecule has 2 unspecified atom stereocenters. The third-order valence-corrected chi connectivity index (χ3v) is 5.06. The first-order valence-corrected chi connectivity index (χ1v) is 9.56. The fraction of sp³-hybridized carbons (Fsp3) is 0.350. The van der Waals surface area contributed by atoms with E-state index in [1.807, 2.05) is 37.4 Å². The minimum Gasteiger partial charge on any atom is -0.469 e. The van der Waals surface area contributed by atoms with Gasteiger partial charge in [-0.05, 0) is 29.5 Å². The van der Waals surface area contributed by atoms with Crippen molar-refractivity contribution in [3.8, 4) is 0 Å². The number of methoxy groups -OCH3 is 1. The van der Waals surface area contributed by atoms with Crippen LogP contribution in [0.5, 0.6) is 0 Å². The summed E-state index contributed by atoms with van der Waals surface area (Å²) in [6, 6.07) is 11.2. The molecular formula is C20H24N2O4S. The Labute approximate surface area is 162 Å². The summed E-state index contributed by atoms with van der Waals surface area (Å²) < 4.78 is 4.74. The van der Waals surface area contributed by atoms with E-state index in [0.717, 1.165) is 4.88 Å². The Bertz CT molecular complexity index is 760. The van der Waals surface area contributed by atoms with Gasteiger partial charge in [-0.25, -0.2) is 0 Å². The highest BCUT2D eigenvalue weighted by molar-refractivity contribution is 7.10. The second kappa shape index (κ2) is 9.87. The minimum absolute atomic E-state index is 0.0280. The fourth-order valence-corrected chi connectivity index (χ4v) is 3.35. The van der Waals surface area contributed by atoms with Crippen LogP contribution in [0, 0.1) is 5.92 Å². The van der Waals surface area contributed by atoms with Crippen molar-refractivity contribution in [2.24, 2.45) is 5.92 Å². The molecule has 0 saturated heterocycles. The van der Waals surface area contributed by atoms with Crippen LogP contribution in [0.2, 0.25) is 0 Å². The quantitative estimate of drug-likeness (QED) is 0.681. The number of rotatable bonds is 8. The Morgan fingerprint density at radius 1 is 1.04 bits per heavy atom. The number of benzene rings is 1. The molecule has 0 bridgehead atoms. The van der Waals surface area contributed by atoms with Gasteiger partial charge < -0.3 is 15.4 Å². The molecule has 1 aromatic carbocycles. The maximum absolute atomic E-state index is 12.9. The predicted octanol–water partition coefficient (Wildman–Crippen LogP) is 2.92. The summed E-state index contributed by atoms with van der Waals surface area (Å²) in [4.78, 5) is 37.9. The molecule has 7 heteroatoms. The van der Waals surface area contributed by atoms with E-state index in [9.17, 15) is 14.4 Å². The van der Waals surface area contributed by atoms with E-state index in [1.54, 1.807) is 24.3 Å². The van der Waals surface area contributed by atoms with Crippen molar-refractivity contribution in [1.82, 2.24) is 10.6 Å². The number of amides is 2. The van der Waals surface area contributed by atoms with Gasteiger partial charge in [-0.1, -0.05) is 38.1 Å². The van der Waals surface area contributed by atoms with Crippen LogP contribution in [0.3, 0.4) is 0 Å². The van der Waals surface area contributed by atoms with Crippen LogP contribution in [0.25, 0.3) is 0 Å². The molecule has 6 nitrogen and oxygen atoms in total. The predicted molar refractivity (Wildman–Crippen MR) is 104 cm³/mol. The van der Waals surface area contributed by atoms with Crippen molar-refractivity contribution in [3.05, 3.63) is 58.3 Å². The Kier molecular flexibility index (Phi) is 7.55. The smallest absolute Gasteiger partial charge is 0.307 e. The van der Waals surface area contributed by atoms with E-state index < -0.39 is 18.1 Å². The van der Waals surface area contributed by atoms with Crippen LogP contribution >= 0.6 is 11.3 Å². The second-order valence-electron chi connectivity index (χ2n) is 6.42. The van der Waals surface area contributed by atoms with Crippen LogP contribution in [0.1, 0.15) is 41.5 Å². The topological polar surface area (TPSA) is 84.5 Å². The first-order chi connectivity index (χ1) is 12.9. The average molecular weight is 388 g/mol. The van der Waals surface area contributed by atoms with E-state index in [-0.39, 0.29) is 24.2 Å². The SMILES string of the molecule is COC(=O)CC(NC(=O)C(NC(=O)c1ccccc1)C(C)C)c1cccs1. The summed E-state index contributed by atoms with van der Waals surface area (Å²) in [6.07, 6.45) is 0.0280. The molecule has 2 N–H and O–H groups in total. The number of carbonyl (C=O) groups excluding carboxylic acids is 3. The van der Waals surface area contributed by atoms with Gasteiger partial charge in [0.2, 0.25) is 5.91 Å². The van der Waals surface area contributed by atoms with Crippen molar-refractivity contribution in [2.45, 2.75) is 32.4 Å². The average Bonchev–Trinajstić information content (AvgIpc) is 3.20. The molecule has 1 aromatic heterocycles. The largest absolute Gasteiger partial charge is 0.469 e. The first-order valence-electron chi connectivity index (χ1n) is 8.69. The van der Waals surface area contributed by atoms with Gasteiger partial charge in [-0.3, -0.25) is 14.4 Å². The molecule has 2 atom stereocenters. The zero-order valence-electron chi connectivity index (χ0n) is 15.6. The van der Waals surface area contributed by atoms with E-state index >= 15 is 0 Å². The molecule has 144 valence electrons. The molecule has 2 rings (SSSR count). The molecular weight excluding hydrogens is 364 g/mol. The number of hydrogen-bond donors (Lipinski definition) is 2. The molecule has 0 fully saturated rings. The summed E-state index contributed by atoms with van der Waals surface area (Å²) >= 11 is 1.45. The molecule has 0 aliphatic heterocycles. The lowest BCUT2D eigenvalue weighted by Gasteiger charge is -2.25. The molecule has 1 heterocycles.